The molecule has 0 aromatic heterocycles. The van der Waals surface area contributed by atoms with Gasteiger partial charge in [0.05, 0.1) is 0 Å². The molecule has 0 saturated carbocycles. The third-order valence-electron chi connectivity index (χ3n) is 3.81. The number of aryl methyl sites for hydroxylation is 2. The zero-order valence-electron chi connectivity index (χ0n) is 12.6. The maximum Gasteiger partial charge on any atom is 0.227 e. The average Bonchev–Trinajstić information content (AvgIpc) is 2.35. The van der Waals surface area contributed by atoms with E-state index >= 15 is 0 Å². The predicted octanol–water partition coefficient (Wildman–Crippen LogP) is 3.13. The number of rotatable bonds is 3. The number of anilines is 1. The Morgan fingerprint density at radius 1 is 1.40 bits per heavy atom. The zero-order chi connectivity index (χ0) is 14.0. The highest BCUT2D eigenvalue weighted by Crippen LogP contribution is 2.31. The van der Waals surface area contributed by atoms with Crippen molar-refractivity contribution < 1.29 is 4.79 Å². The van der Waals surface area contributed by atoms with Gasteiger partial charge in [-0.25, -0.2) is 0 Å². The monoisotopic (exact) mass is 296 g/mol. The predicted molar refractivity (Wildman–Crippen MR) is 86.7 cm³/mol. The van der Waals surface area contributed by atoms with Crippen LogP contribution < -0.4 is 10.6 Å². The molecule has 2 rings (SSSR count). The Morgan fingerprint density at radius 2 is 2.10 bits per heavy atom. The van der Waals surface area contributed by atoms with E-state index in [9.17, 15) is 4.79 Å². The molecule has 0 saturated heterocycles. The molecule has 1 aliphatic heterocycles. The fraction of sp³-hybridized carbons (Fsp3) is 0.562. The van der Waals surface area contributed by atoms with Crippen molar-refractivity contribution in [1.29, 1.82) is 0 Å². The van der Waals surface area contributed by atoms with E-state index in [-0.39, 0.29) is 24.4 Å². The molecule has 1 heterocycles. The van der Waals surface area contributed by atoms with Gasteiger partial charge in [0.25, 0.3) is 0 Å². The molecular weight excluding hydrogens is 272 g/mol. The summed E-state index contributed by atoms with van der Waals surface area (Å²) in [5, 5.41) is 0. The number of benzene rings is 1. The number of carbonyl (C=O) groups excluding carboxylic acids is 1. The van der Waals surface area contributed by atoms with Crippen molar-refractivity contribution in [2.75, 3.05) is 11.4 Å². The second kappa shape index (κ2) is 7.09. The van der Waals surface area contributed by atoms with E-state index in [4.69, 9.17) is 5.73 Å². The molecule has 1 atom stereocenters. The van der Waals surface area contributed by atoms with E-state index in [1.807, 2.05) is 11.8 Å². The summed E-state index contributed by atoms with van der Waals surface area (Å²) < 4.78 is 0. The van der Waals surface area contributed by atoms with Crippen LogP contribution in [0, 0.1) is 13.8 Å². The number of hydrogen-bond acceptors (Lipinski definition) is 2. The molecule has 0 spiro atoms. The summed E-state index contributed by atoms with van der Waals surface area (Å²) in [6.07, 6.45) is 3.44. The van der Waals surface area contributed by atoms with Gasteiger partial charge in [-0.3, -0.25) is 4.79 Å². The first-order valence-corrected chi connectivity index (χ1v) is 7.15. The van der Waals surface area contributed by atoms with Gasteiger partial charge >= 0.3 is 0 Å². The van der Waals surface area contributed by atoms with Gasteiger partial charge in [-0.05, 0) is 62.8 Å². The minimum atomic E-state index is 0. The van der Waals surface area contributed by atoms with E-state index in [2.05, 4.69) is 26.0 Å². The molecule has 4 heteroatoms. The number of nitrogens with two attached hydrogens (primary N) is 1. The molecule has 0 radical (unpaired) electrons. The maximum atomic E-state index is 12.4. The van der Waals surface area contributed by atoms with E-state index in [1.165, 1.54) is 16.7 Å². The molecule has 2 N–H and O–H groups in total. The molecule has 1 aromatic rings. The minimum Gasteiger partial charge on any atom is -0.328 e. The van der Waals surface area contributed by atoms with Crippen molar-refractivity contribution in [3.63, 3.8) is 0 Å². The summed E-state index contributed by atoms with van der Waals surface area (Å²) in [5.41, 5.74) is 10.7. The van der Waals surface area contributed by atoms with E-state index in [0.29, 0.717) is 6.42 Å². The number of nitrogens with zero attached hydrogens (tertiary/aromatic N) is 1. The van der Waals surface area contributed by atoms with Crippen LogP contribution in [0.2, 0.25) is 0 Å². The van der Waals surface area contributed by atoms with E-state index in [0.717, 1.165) is 31.5 Å². The van der Waals surface area contributed by atoms with Gasteiger partial charge in [0, 0.05) is 24.7 Å². The first-order valence-electron chi connectivity index (χ1n) is 7.15. The van der Waals surface area contributed by atoms with Crippen LogP contribution in [0.3, 0.4) is 0 Å². The van der Waals surface area contributed by atoms with Gasteiger partial charge in [-0.2, -0.15) is 0 Å². The molecular formula is C16H25ClN2O. The van der Waals surface area contributed by atoms with Crippen LogP contribution in [0.15, 0.2) is 12.1 Å². The number of fused-ring (bicyclic) bond motifs is 1. The normalized spacial score (nSPS) is 15.3. The molecule has 0 aliphatic carbocycles. The zero-order valence-corrected chi connectivity index (χ0v) is 13.4. The molecule has 0 fully saturated rings. The highest BCUT2D eigenvalue weighted by Gasteiger charge is 2.23. The van der Waals surface area contributed by atoms with Crippen molar-refractivity contribution in [2.45, 2.75) is 52.5 Å². The molecule has 0 bridgehead atoms. The smallest absolute Gasteiger partial charge is 0.227 e. The van der Waals surface area contributed by atoms with Crippen LogP contribution in [0.5, 0.6) is 0 Å². The minimum absolute atomic E-state index is 0. The number of amides is 1. The second-order valence-electron chi connectivity index (χ2n) is 5.74. The van der Waals surface area contributed by atoms with Crippen molar-refractivity contribution in [2.24, 2.45) is 5.73 Å². The topological polar surface area (TPSA) is 46.3 Å². The number of halogens is 1. The van der Waals surface area contributed by atoms with Crippen LogP contribution in [-0.2, 0) is 11.2 Å². The molecule has 1 aliphatic rings. The van der Waals surface area contributed by atoms with Gasteiger partial charge in [-0.1, -0.05) is 6.07 Å². The summed E-state index contributed by atoms with van der Waals surface area (Å²) in [5.74, 6) is 0.211. The first-order chi connectivity index (χ1) is 8.99. The third kappa shape index (κ3) is 3.74. The Kier molecular flexibility index (Phi) is 6.03. The van der Waals surface area contributed by atoms with Gasteiger partial charge < -0.3 is 10.6 Å². The van der Waals surface area contributed by atoms with Gasteiger partial charge in [0.15, 0.2) is 0 Å². The van der Waals surface area contributed by atoms with Crippen LogP contribution in [-0.4, -0.2) is 18.5 Å². The highest BCUT2D eigenvalue weighted by atomic mass is 35.5. The molecule has 3 nitrogen and oxygen atoms in total. The summed E-state index contributed by atoms with van der Waals surface area (Å²) in [4.78, 5) is 14.3. The Morgan fingerprint density at radius 3 is 2.75 bits per heavy atom. The van der Waals surface area contributed by atoms with Gasteiger partial charge in [0.1, 0.15) is 0 Å². The highest BCUT2D eigenvalue weighted by molar-refractivity contribution is 5.95. The van der Waals surface area contributed by atoms with E-state index < -0.39 is 0 Å². The molecule has 112 valence electrons. The Labute approximate surface area is 127 Å². The van der Waals surface area contributed by atoms with Crippen LogP contribution >= 0.6 is 12.4 Å². The van der Waals surface area contributed by atoms with Crippen molar-refractivity contribution in [3.05, 3.63) is 28.8 Å². The van der Waals surface area contributed by atoms with Gasteiger partial charge in [0.2, 0.25) is 5.91 Å². The third-order valence-corrected chi connectivity index (χ3v) is 3.81. The summed E-state index contributed by atoms with van der Waals surface area (Å²) >= 11 is 0. The SMILES string of the molecule is Cc1cc(C)c2c(c1)N(C(=O)CCC(C)N)CCC2.Cl. The number of hydrogen-bond donors (Lipinski definition) is 1. The largest absolute Gasteiger partial charge is 0.328 e. The first kappa shape index (κ1) is 17.0. The van der Waals surface area contributed by atoms with Crippen molar-refractivity contribution in [3.8, 4) is 0 Å². The lowest BCUT2D eigenvalue weighted by Crippen LogP contribution is -2.36. The lowest BCUT2D eigenvalue weighted by Gasteiger charge is -2.31. The van der Waals surface area contributed by atoms with Crippen LogP contribution in [0.4, 0.5) is 5.69 Å². The Bertz CT molecular complexity index is 486. The quantitative estimate of drug-likeness (QED) is 0.931. The fourth-order valence-corrected chi connectivity index (χ4v) is 2.82. The van der Waals surface area contributed by atoms with Gasteiger partial charge in [-0.15, -0.1) is 12.4 Å². The molecule has 1 amide bonds. The Balaban J connectivity index is 0.00000200. The molecule has 1 unspecified atom stereocenters. The molecule has 1 aromatic carbocycles. The van der Waals surface area contributed by atoms with Crippen molar-refractivity contribution >= 4 is 24.0 Å². The average molecular weight is 297 g/mol. The Hall–Kier alpha value is -1.06. The second-order valence-corrected chi connectivity index (χ2v) is 5.74. The maximum absolute atomic E-state index is 12.4. The van der Waals surface area contributed by atoms with Crippen molar-refractivity contribution in [1.82, 2.24) is 0 Å². The number of carbonyl (C=O) groups is 1. The van der Waals surface area contributed by atoms with Crippen LogP contribution in [0.25, 0.3) is 0 Å². The lowest BCUT2D eigenvalue weighted by molar-refractivity contribution is -0.118. The summed E-state index contributed by atoms with van der Waals surface area (Å²) in [6, 6.07) is 4.44. The summed E-state index contributed by atoms with van der Waals surface area (Å²) in [6.45, 7) is 7.02. The van der Waals surface area contributed by atoms with E-state index in [1.54, 1.807) is 0 Å². The van der Waals surface area contributed by atoms with Crippen LogP contribution in [0.1, 0.15) is 42.9 Å². The summed E-state index contributed by atoms with van der Waals surface area (Å²) in [7, 11) is 0. The standard InChI is InChI=1S/C16H24N2O.ClH/c1-11-9-12(2)14-5-4-8-18(15(14)10-11)16(19)7-6-13(3)17;/h9-10,13H,4-8,17H2,1-3H3;1H. The fourth-order valence-electron chi connectivity index (χ4n) is 2.82. The lowest BCUT2D eigenvalue weighted by atomic mass is 9.94. The molecule has 20 heavy (non-hydrogen) atoms.